The molecule has 0 radical (unpaired) electrons. The minimum absolute atomic E-state index is 0.337. The maximum absolute atomic E-state index is 13.4. The summed E-state index contributed by atoms with van der Waals surface area (Å²) < 4.78 is 13.4. The maximum Gasteiger partial charge on any atom is 0.148 e. The number of nitrogens with zero attached hydrogens (tertiary/aromatic N) is 2. The Kier molecular flexibility index (Phi) is 3.37. The molecule has 4 heteroatoms. The highest BCUT2D eigenvalue weighted by Crippen LogP contribution is 2.13. The summed E-state index contributed by atoms with van der Waals surface area (Å²) in [5.74, 6) is -0.337. The van der Waals surface area contributed by atoms with E-state index in [2.05, 4.69) is 15.5 Å². The molecule has 1 N–H and O–H groups in total. The molecule has 0 saturated heterocycles. The van der Waals surface area contributed by atoms with Crippen LogP contribution in [0.2, 0.25) is 0 Å². The number of hydrazone groups is 1. The van der Waals surface area contributed by atoms with Crippen molar-refractivity contribution in [3.05, 3.63) is 72.2 Å². The van der Waals surface area contributed by atoms with Crippen molar-refractivity contribution < 1.29 is 4.39 Å². The van der Waals surface area contributed by atoms with Crippen LogP contribution in [0.1, 0.15) is 5.69 Å². The van der Waals surface area contributed by atoms with E-state index < -0.39 is 0 Å². The van der Waals surface area contributed by atoms with Crippen LogP contribution in [-0.2, 0) is 0 Å². The normalized spacial score (nSPS) is 11.1. The van der Waals surface area contributed by atoms with Crippen LogP contribution in [0.4, 0.5) is 10.1 Å². The number of para-hydroxylation sites is 2. The Morgan fingerprint density at radius 2 is 1.75 bits per heavy atom. The highest BCUT2D eigenvalue weighted by Gasteiger charge is 1.98. The molecular formula is C16H12FN3. The Labute approximate surface area is 115 Å². The van der Waals surface area contributed by atoms with Crippen LogP contribution in [0, 0.1) is 5.82 Å². The Hall–Kier alpha value is -2.75. The number of rotatable bonds is 3. The van der Waals surface area contributed by atoms with E-state index in [-0.39, 0.29) is 5.82 Å². The summed E-state index contributed by atoms with van der Waals surface area (Å²) >= 11 is 0. The molecule has 0 aliphatic rings. The van der Waals surface area contributed by atoms with E-state index in [1.807, 2.05) is 36.4 Å². The summed E-state index contributed by atoms with van der Waals surface area (Å²) in [6.45, 7) is 0. The predicted molar refractivity (Wildman–Crippen MR) is 79.4 cm³/mol. The van der Waals surface area contributed by atoms with Gasteiger partial charge in [0.2, 0.25) is 0 Å². The number of benzene rings is 2. The average Bonchev–Trinajstić information content (AvgIpc) is 2.49. The highest BCUT2D eigenvalue weighted by molar-refractivity contribution is 5.85. The molecular weight excluding hydrogens is 253 g/mol. The van der Waals surface area contributed by atoms with Gasteiger partial charge in [-0.1, -0.05) is 36.4 Å². The molecule has 0 spiro atoms. The quantitative estimate of drug-likeness (QED) is 0.577. The number of hydrogen-bond acceptors (Lipinski definition) is 3. The number of fused-ring (bicyclic) bond motifs is 1. The lowest BCUT2D eigenvalue weighted by atomic mass is 10.2. The van der Waals surface area contributed by atoms with Gasteiger partial charge in [-0.15, -0.1) is 0 Å². The van der Waals surface area contributed by atoms with Gasteiger partial charge in [-0.3, -0.25) is 5.43 Å². The maximum atomic E-state index is 13.4. The van der Waals surface area contributed by atoms with Crippen LogP contribution in [-0.4, -0.2) is 11.2 Å². The number of aromatic nitrogens is 1. The van der Waals surface area contributed by atoms with Crippen LogP contribution in [0.25, 0.3) is 10.9 Å². The molecule has 3 nitrogen and oxygen atoms in total. The van der Waals surface area contributed by atoms with Crippen LogP contribution in [0.15, 0.2) is 65.8 Å². The zero-order valence-electron chi connectivity index (χ0n) is 10.6. The van der Waals surface area contributed by atoms with Gasteiger partial charge in [-0.2, -0.15) is 5.10 Å². The Morgan fingerprint density at radius 1 is 0.950 bits per heavy atom. The molecule has 3 rings (SSSR count). The summed E-state index contributed by atoms with van der Waals surface area (Å²) in [4.78, 5) is 4.45. The van der Waals surface area contributed by atoms with Gasteiger partial charge in [0, 0.05) is 5.39 Å². The third kappa shape index (κ3) is 2.64. The van der Waals surface area contributed by atoms with Gasteiger partial charge < -0.3 is 0 Å². The van der Waals surface area contributed by atoms with E-state index in [0.717, 1.165) is 10.9 Å². The molecule has 0 aliphatic carbocycles. The average molecular weight is 265 g/mol. The van der Waals surface area contributed by atoms with Crippen LogP contribution >= 0.6 is 0 Å². The fourth-order valence-corrected chi connectivity index (χ4v) is 1.87. The minimum atomic E-state index is -0.337. The monoisotopic (exact) mass is 265 g/mol. The summed E-state index contributed by atoms with van der Waals surface area (Å²) in [6.07, 6.45) is 1.57. The van der Waals surface area contributed by atoms with Crippen molar-refractivity contribution in [1.82, 2.24) is 4.98 Å². The topological polar surface area (TPSA) is 37.3 Å². The number of nitrogens with one attached hydrogen (secondary N) is 1. The van der Waals surface area contributed by atoms with Crippen LogP contribution in [0.3, 0.4) is 0 Å². The lowest BCUT2D eigenvalue weighted by molar-refractivity contribution is 0.631. The molecule has 0 aliphatic heterocycles. The van der Waals surface area contributed by atoms with Crippen molar-refractivity contribution in [2.24, 2.45) is 5.10 Å². The van der Waals surface area contributed by atoms with Gasteiger partial charge in [0.25, 0.3) is 0 Å². The van der Waals surface area contributed by atoms with E-state index in [0.29, 0.717) is 11.4 Å². The van der Waals surface area contributed by atoms with Gasteiger partial charge in [0.05, 0.1) is 23.1 Å². The molecule has 20 heavy (non-hydrogen) atoms. The minimum Gasteiger partial charge on any atom is -0.275 e. The van der Waals surface area contributed by atoms with Crippen molar-refractivity contribution in [1.29, 1.82) is 0 Å². The van der Waals surface area contributed by atoms with Crippen molar-refractivity contribution in [2.75, 3.05) is 5.43 Å². The summed E-state index contributed by atoms with van der Waals surface area (Å²) in [7, 11) is 0. The summed E-state index contributed by atoms with van der Waals surface area (Å²) in [5.41, 5.74) is 4.62. The molecule has 1 aromatic heterocycles. The van der Waals surface area contributed by atoms with E-state index >= 15 is 0 Å². The van der Waals surface area contributed by atoms with E-state index in [1.54, 1.807) is 24.4 Å². The molecule has 0 amide bonds. The van der Waals surface area contributed by atoms with E-state index in [9.17, 15) is 4.39 Å². The van der Waals surface area contributed by atoms with Gasteiger partial charge in [0.1, 0.15) is 5.82 Å². The molecule has 0 fully saturated rings. The zero-order chi connectivity index (χ0) is 13.8. The Morgan fingerprint density at radius 3 is 2.65 bits per heavy atom. The largest absolute Gasteiger partial charge is 0.275 e. The number of anilines is 1. The van der Waals surface area contributed by atoms with Crippen LogP contribution in [0.5, 0.6) is 0 Å². The van der Waals surface area contributed by atoms with E-state index in [1.165, 1.54) is 6.07 Å². The first-order valence-electron chi connectivity index (χ1n) is 6.22. The SMILES string of the molecule is Fc1ccccc1N/N=C/c1ccc2ccccc2n1. The smallest absolute Gasteiger partial charge is 0.148 e. The first kappa shape index (κ1) is 12.3. The second-order valence-electron chi connectivity index (χ2n) is 4.28. The predicted octanol–water partition coefficient (Wildman–Crippen LogP) is 3.82. The van der Waals surface area contributed by atoms with Crippen LogP contribution < -0.4 is 5.43 Å². The Bertz CT molecular complexity index is 768. The molecule has 0 atom stereocenters. The first-order valence-corrected chi connectivity index (χ1v) is 6.22. The highest BCUT2D eigenvalue weighted by atomic mass is 19.1. The second kappa shape index (κ2) is 5.48. The van der Waals surface area contributed by atoms with Gasteiger partial charge in [-0.05, 0) is 24.3 Å². The van der Waals surface area contributed by atoms with Crippen molar-refractivity contribution >= 4 is 22.8 Å². The summed E-state index contributed by atoms with van der Waals surface area (Å²) in [5, 5.41) is 5.08. The number of halogens is 1. The Balaban J connectivity index is 1.79. The number of pyridine rings is 1. The molecule has 1 heterocycles. The van der Waals surface area contributed by atoms with Crippen molar-refractivity contribution in [3.8, 4) is 0 Å². The first-order chi connectivity index (χ1) is 9.83. The second-order valence-corrected chi connectivity index (χ2v) is 4.28. The lowest BCUT2D eigenvalue weighted by Crippen LogP contribution is -1.95. The van der Waals surface area contributed by atoms with Crippen molar-refractivity contribution in [3.63, 3.8) is 0 Å². The third-order valence-corrected chi connectivity index (χ3v) is 2.88. The molecule has 0 saturated carbocycles. The molecule has 2 aromatic carbocycles. The lowest BCUT2D eigenvalue weighted by Gasteiger charge is -2.01. The molecule has 0 bridgehead atoms. The number of hydrogen-bond donors (Lipinski definition) is 1. The van der Waals surface area contributed by atoms with Gasteiger partial charge in [-0.25, -0.2) is 9.37 Å². The fraction of sp³-hybridized carbons (Fsp3) is 0. The van der Waals surface area contributed by atoms with Gasteiger partial charge in [0.15, 0.2) is 0 Å². The van der Waals surface area contributed by atoms with E-state index in [4.69, 9.17) is 0 Å². The third-order valence-electron chi connectivity index (χ3n) is 2.88. The fourth-order valence-electron chi connectivity index (χ4n) is 1.87. The molecule has 0 unspecified atom stereocenters. The summed E-state index contributed by atoms with van der Waals surface area (Å²) in [6, 6.07) is 18.1. The van der Waals surface area contributed by atoms with Gasteiger partial charge >= 0.3 is 0 Å². The zero-order valence-corrected chi connectivity index (χ0v) is 10.6. The van der Waals surface area contributed by atoms with Crippen molar-refractivity contribution in [2.45, 2.75) is 0 Å². The molecule has 98 valence electrons. The standard InChI is InChI=1S/C16H12FN3/c17-14-6-2-4-8-16(14)20-18-11-13-10-9-12-5-1-3-7-15(12)19-13/h1-11,20H/b18-11+. The molecule has 3 aromatic rings.